The van der Waals surface area contributed by atoms with Crippen molar-refractivity contribution in [2.75, 3.05) is 7.05 Å². The van der Waals surface area contributed by atoms with Gasteiger partial charge in [0.05, 0.1) is 0 Å². The van der Waals surface area contributed by atoms with Gasteiger partial charge in [-0.2, -0.15) is 0 Å². The lowest BCUT2D eigenvalue weighted by molar-refractivity contribution is 0.0847. The molecule has 2 amide bonds. The van der Waals surface area contributed by atoms with Gasteiger partial charge in [-0.1, -0.05) is 6.07 Å². The summed E-state index contributed by atoms with van der Waals surface area (Å²) in [6.07, 6.45) is 0. The van der Waals surface area contributed by atoms with E-state index in [-0.39, 0.29) is 0 Å². The second-order valence-corrected chi connectivity index (χ2v) is 4.20. The molecule has 0 aliphatic carbocycles. The zero-order valence-electron chi connectivity index (χ0n) is 7.33. The summed E-state index contributed by atoms with van der Waals surface area (Å²) in [5.41, 5.74) is 0.452. The highest BCUT2D eigenvalue weighted by molar-refractivity contribution is 14.1. The molecule has 0 aliphatic rings. The molecule has 0 spiro atoms. The van der Waals surface area contributed by atoms with Crippen LogP contribution in [0.3, 0.4) is 0 Å². The van der Waals surface area contributed by atoms with Crippen molar-refractivity contribution in [2.45, 2.75) is 0 Å². The van der Waals surface area contributed by atoms with Gasteiger partial charge in [0.1, 0.15) is 0 Å². The first kappa shape index (κ1) is 11.5. The van der Waals surface area contributed by atoms with Crippen molar-refractivity contribution in [1.82, 2.24) is 4.90 Å². The van der Waals surface area contributed by atoms with Gasteiger partial charge in [0.15, 0.2) is 0 Å². The fraction of sp³-hybridized carbons (Fsp3) is 0.111. The third-order valence-electron chi connectivity index (χ3n) is 1.64. The maximum atomic E-state index is 11.6. The summed E-state index contributed by atoms with van der Waals surface area (Å²) in [6.45, 7) is 0. The van der Waals surface area contributed by atoms with E-state index < -0.39 is 11.3 Å². The van der Waals surface area contributed by atoms with Gasteiger partial charge in [0.2, 0.25) is 0 Å². The van der Waals surface area contributed by atoms with E-state index in [1.54, 1.807) is 18.2 Å². The largest absolute Gasteiger partial charge is 0.323 e. The van der Waals surface area contributed by atoms with Crippen LogP contribution in [0, 0.1) is 3.57 Å². The van der Waals surface area contributed by atoms with Crippen molar-refractivity contribution in [2.24, 2.45) is 0 Å². The highest BCUT2D eigenvalue weighted by atomic mass is 127. The van der Waals surface area contributed by atoms with Gasteiger partial charge in [-0.25, -0.2) is 0 Å². The van der Waals surface area contributed by atoms with Crippen LogP contribution in [0.15, 0.2) is 24.3 Å². The van der Waals surface area contributed by atoms with Crippen LogP contribution in [-0.2, 0) is 0 Å². The van der Waals surface area contributed by atoms with Gasteiger partial charge in [-0.15, -0.1) is 0 Å². The normalized spacial score (nSPS) is 9.64. The summed E-state index contributed by atoms with van der Waals surface area (Å²) in [6, 6.07) is 6.95. The van der Waals surface area contributed by atoms with E-state index in [1.165, 1.54) is 7.05 Å². The van der Waals surface area contributed by atoms with Crippen LogP contribution >= 0.6 is 34.2 Å². The Morgan fingerprint density at radius 2 is 2.07 bits per heavy atom. The molecule has 0 N–H and O–H groups in total. The molecule has 0 radical (unpaired) electrons. The number of nitrogens with zero attached hydrogens (tertiary/aromatic N) is 1. The summed E-state index contributed by atoms with van der Waals surface area (Å²) in [7, 11) is 1.34. The Hall–Kier alpha value is -0.620. The summed E-state index contributed by atoms with van der Waals surface area (Å²) in [5.74, 6) is -0.400. The van der Waals surface area contributed by atoms with Crippen LogP contribution in [0.25, 0.3) is 0 Å². The summed E-state index contributed by atoms with van der Waals surface area (Å²) >= 11 is 7.27. The SMILES string of the molecule is CN(C(=O)Cl)C(=O)c1cccc(I)c1. The molecule has 0 atom stereocenters. The molecule has 0 aliphatic heterocycles. The number of halogens is 2. The number of hydrogen-bond acceptors (Lipinski definition) is 2. The third kappa shape index (κ3) is 2.68. The zero-order valence-corrected chi connectivity index (χ0v) is 10.2. The van der Waals surface area contributed by atoms with Crippen LogP contribution in [-0.4, -0.2) is 23.2 Å². The molecule has 5 heteroatoms. The standard InChI is InChI=1S/C9H7ClINO2/c1-12(9(10)14)8(13)6-3-2-4-7(11)5-6/h2-5H,1H3. The van der Waals surface area contributed by atoms with Crippen LogP contribution in [0.2, 0.25) is 0 Å². The fourth-order valence-electron chi connectivity index (χ4n) is 0.895. The minimum absolute atomic E-state index is 0.400. The highest BCUT2D eigenvalue weighted by Crippen LogP contribution is 2.10. The van der Waals surface area contributed by atoms with E-state index in [0.717, 1.165) is 8.47 Å². The molecule has 1 rings (SSSR count). The van der Waals surface area contributed by atoms with Gasteiger partial charge in [0, 0.05) is 16.2 Å². The fourth-order valence-corrected chi connectivity index (χ4v) is 1.51. The maximum absolute atomic E-state index is 11.6. The maximum Gasteiger partial charge on any atom is 0.323 e. The molecular formula is C9H7ClINO2. The van der Waals surface area contributed by atoms with E-state index in [2.05, 4.69) is 22.6 Å². The smallest absolute Gasteiger partial charge is 0.269 e. The van der Waals surface area contributed by atoms with Gasteiger partial charge >= 0.3 is 5.37 Å². The average molecular weight is 324 g/mol. The lowest BCUT2D eigenvalue weighted by Gasteiger charge is -2.10. The highest BCUT2D eigenvalue weighted by Gasteiger charge is 2.16. The van der Waals surface area contributed by atoms with Crippen molar-refractivity contribution in [3.8, 4) is 0 Å². The predicted octanol–water partition coefficient (Wildman–Crippen LogP) is 2.72. The van der Waals surface area contributed by atoms with Gasteiger partial charge in [0.25, 0.3) is 5.91 Å². The lowest BCUT2D eigenvalue weighted by Crippen LogP contribution is -2.28. The van der Waals surface area contributed by atoms with Crippen molar-refractivity contribution >= 4 is 45.5 Å². The van der Waals surface area contributed by atoms with Gasteiger partial charge in [-0.3, -0.25) is 14.5 Å². The molecule has 14 heavy (non-hydrogen) atoms. The van der Waals surface area contributed by atoms with E-state index in [0.29, 0.717) is 5.56 Å². The third-order valence-corrected chi connectivity index (χ3v) is 2.56. The Kier molecular flexibility index (Phi) is 3.88. The molecule has 1 aromatic rings. The number of benzene rings is 1. The Bertz CT molecular complexity index is 381. The Morgan fingerprint density at radius 1 is 1.43 bits per heavy atom. The van der Waals surface area contributed by atoms with Gasteiger partial charge < -0.3 is 0 Å². The molecule has 0 saturated carbocycles. The van der Waals surface area contributed by atoms with Crippen molar-refractivity contribution < 1.29 is 9.59 Å². The molecule has 3 nitrogen and oxygen atoms in total. The molecule has 0 bridgehead atoms. The van der Waals surface area contributed by atoms with E-state index in [1.807, 2.05) is 6.07 Å². The van der Waals surface area contributed by atoms with E-state index >= 15 is 0 Å². The van der Waals surface area contributed by atoms with E-state index in [4.69, 9.17) is 11.6 Å². The number of imide groups is 1. The molecule has 1 aromatic carbocycles. The molecule has 0 saturated heterocycles. The quantitative estimate of drug-likeness (QED) is 0.453. The Balaban J connectivity index is 2.95. The minimum Gasteiger partial charge on any atom is -0.269 e. The number of hydrogen-bond donors (Lipinski definition) is 0. The van der Waals surface area contributed by atoms with Gasteiger partial charge in [-0.05, 0) is 52.4 Å². The summed E-state index contributed by atoms with van der Waals surface area (Å²) in [5, 5.41) is -0.783. The number of carbonyl (C=O) groups excluding carboxylic acids is 2. The second kappa shape index (κ2) is 4.75. The number of carbonyl (C=O) groups is 2. The monoisotopic (exact) mass is 323 g/mol. The second-order valence-electron chi connectivity index (χ2n) is 2.63. The molecule has 0 aromatic heterocycles. The number of rotatable bonds is 1. The van der Waals surface area contributed by atoms with Crippen LogP contribution in [0.5, 0.6) is 0 Å². The van der Waals surface area contributed by atoms with Crippen molar-refractivity contribution in [3.63, 3.8) is 0 Å². The Morgan fingerprint density at radius 3 is 2.57 bits per heavy atom. The average Bonchev–Trinajstić information content (AvgIpc) is 2.15. The van der Waals surface area contributed by atoms with Crippen molar-refractivity contribution in [1.29, 1.82) is 0 Å². The van der Waals surface area contributed by atoms with E-state index in [9.17, 15) is 9.59 Å². The first-order valence-electron chi connectivity index (χ1n) is 3.75. The number of amides is 2. The molecular weight excluding hydrogens is 316 g/mol. The summed E-state index contributed by atoms with van der Waals surface area (Å²) < 4.78 is 0.934. The topological polar surface area (TPSA) is 37.4 Å². The molecule has 0 fully saturated rings. The summed E-state index contributed by atoms with van der Waals surface area (Å²) in [4.78, 5) is 23.1. The van der Waals surface area contributed by atoms with Crippen LogP contribution < -0.4 is 0 Å². The molecule has 0 heterocycles. The Labute approximate surface area is 100 Å². The molecule has 0 unspecified atom stereocenters. The molecule has 74 valence electrons. The van der Waals surface area contributed by atoms with Crippen LogP contribution in [0.4, 0.5) is 4.79 Å². The van der Waals surface area contributed by atoms with Crippen LogP contribution in [0.1, 0.15) is 10.4 Å². The minimum atomic E-state index is -0.783. The lowest BCUT2D eigenvalue weighted by atomic mass is 10.2. The van der Waals surface area contributed by atoms with Crippen molar-refractivity contribution in [3.05, 3.63) is 33.4 Å². The first-order valence-corrected chi connectivity index (χ1v) is 5.21. The zero-order chi connectivity index (χ0) is 10.7. The first-order chi connectivity index (χ1) is 6.52. The predicted molar refractivity (Wildman–Crippen MR) is 62.5 cm³/mol.